The zero-order valence-electron chi connectivity index (χ0n) is 7.23. The third-order valence-electron chi connectivity index (χ3n) is 1.61. The third kappa shape index (κ3) is 2.24. The summed E-state index contributed by atoms with van der Waals surface area (Å²) in [4.78, 5) is 10.4. The summed E-state index contributed by atoms with van der Waals surface area (Å²) in [5, 5.41) is 0. The van der Waals surface area contributed by atoms with Crippen LogP contribution in [-0.2, 0) is 9.05 Å². The summed E-state index contributed by atoms with van der Waals surface area (Å²) >= 11 is 0. The van der Waals surface area contributed by atoms with Gasteiger partial charge in [-0.3, -0.25) is 4.79 Å². The van der Waals surface area contributed by atoms with Crippen LogP contribution in [0.1, 0.15) is 10.4 Å². The van der Waals surface area contributed by atoms with Crippen LogP contribution in [0.25, 0.3) is 0 Å². The number of carbonyl (C=O) groups is 1. The molecule has 0 fully saturated rings. The van der Waals surface area contributed by atoms with Crippen LogP contribution in [0.4, 0.5) is 0 Å². The SMILES string of the molecule is COc1ccc(S(=O)(=O)Cl)cc1C=O. The van der Waals surface area contributed by atoms with E-state index in [9.17, 15) is 13.2 Å². The molecule has 0 aliphatic rings. The molecule has 0 saturated heterocycles. The first-order valence-corrected chi connectivity index (χ1v) is 5.88. The van der Waals surface area contributed by atoms with Gasteiger partial charge in [0, 0.05) is 10.7 Å². The van der Waals surface area contributed by atoms with Crippen LogP contribution < -0.4 is 4.74 Å². The van der Waals surface area contributed by atoms with E-state index in [1.54, 1.807) is 0 Å². The zero-order chi connectivity index (χ0) is 10.8. The Bertz CT molecular complexity index is 452. The average Bonchev–Trinajstić information content (AvgIpc) is 2.15. The Morgan fingerprint density at radius 2 is 2.07 bits per heavy atom. The smallest absolute Gasteiger partial charge is 0.261 e. The van der Waals surface area contributed by atoms with E-state index in [1.807, 2.05) is 0 Å². The van der Waals surface area contributed by atoms with E-state index in [2.05, 4.69) is 0 Å². The van der Waals surface area contributed by atoms with Gasteiger partial charge in [0.15, 0.2) is 6.29 Å². The van der Waals surface area contributed by atoms with Crippen molar-refractivity contribution in [3.05, 3.63) is 23.8 Å². The molecule has 14 heavy (non-hydrogen) atoms. The van der Waals surface area contributed by atoms with E-state index in [-0.39, 0.29) is 10.5 Å². The molecule has 4 nitrogen and oxygen atoms in total. The molecule has 0 amide bonds. The van der Waals surface area contributed by atoms with Gasteiger partial charge in [-0.25, -0.2) is 8.42 Å². The first kappa shape index (κ1) is 11.0. The molecular formula is C8H7ClO4S. The second-order valence-corrected chi connectivity index (χ2v) is 5.03. The fraction of sp³-hybridized carbons (Fsp3) is 0.125. The van der Waals surface area contributed by atoms with Crippen molar-refractivity contribution < 1.29 is 17.9 Å². The van der Waals surface area contributed by atoms with Crippen LogP contribution in [-0.4, -0.2) is 21.8 Å². The minimum atomic E-state index is -3.80. The van der Waals surface area contributed by atoms with Crippen molar-refractivity contribution in [1.82, 2.24) is 0 Å². The van der Waals surface area contributed by atoms with Gasteiger partial charge in [-0.05, 0) is 18.2 Å². The number of methoxy groups -OCH3 is 1. The van der Waals surface area contributed by atoms with Crippen LogP contribution in [0.5, 0.6) is 5.75 Å². The van der Waals surface area contributed by atoms with Gasteiger partial charge < -0.3 is 4.74 Å². The first-order chi connectivity index (χ1) is 6.49. The Morgan fingerprint density at radius 1 is 1.43 bits per heavy atom. The van der Waals surface area contributed by atoms with E-state index in [4.69, 9.17) is 15.4 Å². The highest BCUT2D eigenvalue weighted by Gasteiger charge is 2.12. The summed E-state index contributed by atoms with van der Waals surface area (Å²) in [5.41, 5.74) is 0.147. The third-order valence-corrected chi connectivity index (χ3v) is 2.96. The van der Waals surface area contributed by atoms with Crippen molar-refractivity contribution in [3.8, 4) is 5.75 Å². The molecule has 1 rings (SSSR count). The Labute approximate surface area is 85.9 Å². The number of hydrogen-bond acceptors (Lipinski definition) is 4. The maximum atomic E-state index is 10.9. The van der Waals surface area contributed by atoms with Gasteiger partial charge in [-0.15, -0.1) is 0 Å². The predicted molar refractivity (Wildman–Crippen MR) is 51.4 cm³/mol. The van der Waals surface area contributed by atoms with Crippen LogP contribution in [0.15, 0.2) is 23.1 Å². The zero-order valence-corrected chi connectivity index (χ0v) is 8.80. The van der Waals surface area contributed by atoms with Gasteiger partial charge >= 0.3 is 0 Å². The second kappa shape index (κ2) is 3.98. The van der Waals surface area contributed by atoms with E-state index in [0.29, 0.717) is 12.0 Å². The number of carbonyl (C=O) groups excluding carboxylic acids is 1. The van der Waals surface area contributed by atoms with E-state index in [1.165, 1.54) is 19.2 Å². The molecule has 0 spiro atoms. The van der Waals surface area contributed by atoms with Crippen molar-refractivity contribution >= 4 is 26.0 Å². The summed E-state index contributed by atoms with van der Waals surface area (Å²) in [7, 11) is 2.68. The molecule has 1 aromatic carbocycles. The maximum Gasteiger partial charge on any atom is 0.261 e. The lowest BCUT2D eigenvalue weighted by molar-refractivity contribution is 0.112. The number of rotatable bonds is 3. The molecular weight excluding hydrogens is 228 g/mol. The Morgan fingerprint density at radius 3 is 2.50 bits per heavy atom. The molecule has 0 atom stereocenters. The van der Waals surface area contributed by atoms with Crippen molar-refractivity contribution in [3.63, 3.8) is 0 Å². The minimum absolute atomic E-state index is 0.123. The number of hydrogen-bond donors (Lipinski definition) is 0. The maximum absolute atomic E-state index is 10.9. The Kier molecular flexibility index (Phi) is 3.13. The van der Waals surface area contributed by atoms with E-state index in [0.717, 1.165) is 6.07 Å². The molecule has 0 aliphatic heterocycles. The van der Waals surface area contributed by atoms with Crippen LogP contribution in [0.3, 0.4) is 0 Å². The van der Waals surface area contributed by atoms with Gasteiger partial charge in [-0.1, -0.05) is 0 Å². The van der Waals surface area contributed by atoms with Gasteiger partial charge in [0.1, 0.15) is 5.75 Å². The first-order valence-electron chi connectivity index (χ1n) is 3.57. The van der Waals surface area contributed by atoms with Crippen molar-refractivity contribution in [1.29, 1.82) is 0 Å². The van der Waals surface area contributed by atoms with E-state index >= 15 is 0 Å². The molecule has 6 heteroatoms. The summed E-state index contributed by atoms with van der Waals surface area (Å²) in [6.45, 7) is 0. The Balaban J connectivity index is 3.35. The molecule has 1 aromatic rings. The van der Waals surface area contributed by atoms with Gasteiger partial charge in [0.25, 0.3) is 9.05 Å². The Hall–Kier alpha value is -1.07. The van der Waals surface area contributed by atoms with Crippen LogP contribution in [0.2, 0.25) is 0 Å². The number of benzene rings is 1. The van der Waals surface area contributed by atoms with Crippen molar-refractivity contribution in [2.75, 3.05) is 7.11 Å². The fourth-order valence-corrected chi connectivity index (χ4v) is 1.74. The molecule has 0 N–H and O–H groups in total. The topological polar surface area (TPSA) is 60.4 Å². The summed E-state index contributed by atoms with van der Waals surface area (Å²) in [6, 6.07) is 3.81. The van der Waals surface area contributed by atoms with Crippen molar-refractivity contribution in [2.45, 2.75) is 4.90 Å². The molecule has 0 unspecified atom stereocenters. The molecule has 0 saturated carbocycles. The average molecular weight is 235 g/mol. The molecule has 76 valence electrons. The minimum Gasteiger partial charge on any atom is -0.496 e. The summed E-state index contributed by atoms with van der Waals surface area (Å²) in [6.07, 6.45) is 0.504. The lowest BCUT2D eigenvalue weighted by Crippen LogP contribution is -1.95. The lowest BCUT2D eigenvalue weighted by Gasteiger charge is -2.03. The molecule has 0 radical (unpaired) electrons. The number of halogens is 1. The summed E-state index contributed by atoms with van der Waals surface area (Å²) < 4.78 is 26.7. The van der Waals surface area contributed by atoms with Gasteiger partial charge in [0.2, 0.25) is 0 Å². The summed E-state index contributed by atoms with van der Waals surface area (Å²) in [5.74, 6) is 0.309. The lowest BCUT2D eigenvalue weighted by atomic mass is 10.2. The highest BCUT2D eigenvalue weighted by Crippen LogP contribution is 2.22. The second-order valence-electron chi connectivity index (χ2n) is 2.46. The fourth-order valence-electron chi connectivity index (χ4n) is 0.956. The highest BCUT2D eigenvalue weighted by atomic mass is 35.7. The molecule has 0 heterocycles. The van der Waals surface area contributed by atoms with Crippen molar-refractivity contribution in [2.24, 2.45) is 0 Å². The van der Waals surface area contributed by atoms with Gasteiger partial charge in [-0.2, -0.15) is 0 Å². The van der Waals surface area contributed by atoms with Crippen LogP contribution in [0, 0.1) is 0 Å². The highest BCUT2D eigenvalue weighted by molar-refractivity contribution is 8.13. The van der Waals surface area contributed by atoms with Crippen LogP contribution >= 0.6 is 10.7 Å². The number of ether oxygens (including phenoxy) is 1. The van der Waals surface area contributed by atoms with Gasteiger partial charge in [0.05, 0.1) is 17.6 Å². The molecule has 0 aliphatic carbocycles. The largest absolute Gasteiger partial charge is 0.496 e. The molecule has 0 aromatic heterocycles. The number of aldehydes is 1. The monoisotopic (exact) mass is 234 g/mol. The quantitative estimate of drug-likeness (QED) is 0.587. The normalized spacial score (nSPS) is 11.0. The molecule has 0 bridgehead atoms. The standard InChI is InChI=1S/C8H7ClO4S/c1-13-8-3-2-7(14(9,11)12)4-6(8)5-10/h2-5H,1H3. The predicted octanol–water partition coefficient (Wildman–Crippen LogP) is 1.44. The van der Waals surface area contributed by atoms with E-state index < -0.39 is 9.05 Å².